The highest BCUT2D eigenvalue weighted by molar-refractivity contribution is 9.10. The minimum Gasteiger partial charge on any atom is -0.377 e. The monoisotopic (exact) mass is 402 g/mol. The van der Waals surface area contributed by atoms with Crippen molar-refractivity contribution in [2.24, 2.45) is 0 Å². The third kappa shape index (κ3) is 4.22. The Labute approximate surface area is 155 Å². The van der Waals surface area contributed by atoms with Gasteiger partial charge in [-0.1, -0.05) is 39.3 Å². The number of aromatic nitrogens is 1. The molecule has 0 aliphatic heterocycles. The summed E-state index contributed by atoms with van der Waals surface area (Å²) in [6.45, 7) is 4.14. The zero-order valence-electron chi connectivity index (χ0n) is 13.6. The quantitative estimate of drug-likeness (QED) is 0.512. The van der Waals surface area contributed by atoms with Gasteiger partial charge in [-0.3, -0.25) is 0 Å². The molecular weight excluding hydrogens is 384 g/mol. The molecule has 0 saturated heterocycles. The number of hydrogen-bond acceptors (Lipinski definition) is 4. The Morgan fingerprint density at radius 1 is 1.12 bits per heavy atom. The van der Waals surface area contributed by atoms with Crippen LogP contribution in [-0.4, -0.2) is 17.0 Å². The molecule has 3 nitrogen and oxygen atoms in total. The summed E-state index contributed by atoms with van der Waals surface area (Å²) in [5.74, 6) is 1.76. The molecule has 1 unspecified atom stereocenters. The predicted octanol–water partition coefficient (Wildman–Crippen LogP) is 6.01. The SMILES string of the molecule is Cc1noc(-c2ccc(Br)cc2)c1NC(C)CSc1ccccc1. The summed E-state index contributed by atoms with van der Waals surface area (Å²) in [6, 6.07) is 18.8. The zero-order chi connectivity index (χ0) is 16.9. The fraction of sp³-hybridized carbons (Fsp3) is 0.211. The summed E-state index contributed by atoms with van der Waals surface area (Å²) < 4.78 is 6.60. The Kier molecular flexibility index (Phi) is 5.63. The van der Waals surface area contributed by atoms with Crippen LogP contribution in [0.1, 0.15) is 12.6 Å². The van der Waals surface area contributed by atoms with Gasteiger partial charge in [0.25, 0.3) is 0 Å². The van der Waals surface area contributed by atoms with Crippen LogP contribution in [0.5, 0.6) is 0 Å². The van der Waals surface area contributed by atoms with Crippen LogP contribution in [-0.2, 0) is 0 Å². The van der Waals surface area contributed by atoms with E-state index < -0.39 is 0 Å². The van der Waals surface area contributed by atoms with Crippen LogP contribution >= 0.6 is 27.7 Å². The van der Waals surface area contributed by atoms with Crippen LogP contribution < -0.4 is 5.32 Å². The van der Waals surface area contributed by atoms with Gasteiger partial charge in [0, 0.05) is 26.7 Å². The van der Waals surface area contributed by atoms with Crippen molar-refractivity contribution < 1.29 is 4.52 Å². The zero-order valence-corrected chi connectivity index (χ0v) is 16.0. The van der Waals surface area contributed by atoms with E-state index in [1.807, 2.05) is 49.0 Å². The average Bonchev–Trinajstić information content (AvgIpc) is 2.95. The number of benzene rings is 2. The van der Waals surface area contributed by atoms with E-state index in [1.165, 1.54) is 4.90 Å². The molecule has 0 spiro atoms. The van der Waals surface area contributed by atoms with Gasteiger partial charge in [-0.05, 0) is 50.2 Å². The summed E-state index contributed by atoms with van der Waals surface area (Å²) >= 11 is 5.30. The molecule has 3 aromatic rings. The Hall–Kier alpha value is -1.72. The predicted molar refractivity (Wildman–Crippen MR) is 105 cm³/mol. The highest BCUT2D eigenvalue weighted by Gasteiger charge is 2.17. The van der Waals surface area contributed by atoms with Gasteiger partial charge >= 0.3 is 0 Å². The number of rotatable bonds is 6. The Balaban J connectivity index is 1.70. The van der Waals surface area contributed by atoms with E-state index in [4.69, 9.17) is 4.52 Å². The molecule has 0 amide bonds. The second kappa shape index (κ2) is 7.90. The summed E-state index contributed by atoms with van der Waals surface area (Å²) in [4.78, 5) is 1.28. The Bertz CT molecular complexity index is 787. The second-order valence-electron chi connectivity index (χ2n) is 5.65. The molecule has 0 bridgehead atoms. The van der Waals surface area contributed by atoms with Crippen molar-refractivity contribution in [2.45, 2.75) is 24.8 Å². The van der Waals surface area contributed by atoms with E-state index >= 15 is 0 Å². The maximum atomic E-state index is 5.55. The molecule has 5 heteroatoms. The normalized spacial score (nSPS) is 12.1. The van der Waals surface area contributed by atoms with Gasteiger partial charge in [0.05, 0.1) is 0 Å². The summed E-state index contributed by atoms with van der Waals surface area (Å²) in [5.41, 5.74) is 2.87. The van der Waals surface area contributed by atoms with Gasteiger partial charge in [0.2, 0.25) is 0 Å². The van der Waals surface area contributed by atoms with E-state index in [9.17, 15) is 0 Å². The van der Waals surface area contributed by atoms with Gasteiger partial charge in [-0.15, -0.1) is 11.8 Å². The van der Waals surface area contributed by atoms with Crippen LogP contribution in [0.15, 0.2) is 68.5 Å². The minimum atomic E-state index is 0.294. The van der Waals surface area contributed by atoms with Gasteiger partial charge < -0.3 is 9.84 Å². The van der Waals surface area contributed by atoms with Crippen molar-refractivity contribution in [1.29, 1.82) is 0 Å². The smallest absolute Gasteiger partial charge is 0.190 e. The number of nitrogens with zero attached hydrogens (tertiary/aromatic N) is 1. The number of nitrogens with one attached hydrogen (secondary N) is 1. The number of anilines is 1. The molecule has 3 rings (SSSR count). The molecule has 1 aromatic heterocycles. The van der Waals surface area contributed by atoms with E-state index in [2.05, 4.69) is 57.6 Å². The molecule has 24 heavy (non-hydrogen) atoms. The first-order chi connectivity index (χ1) is 11.6. The molecule has 2 aromatic carbocycles. The lowest BCUT2D eigenvalue weighted by Gasteiger charge is -2.15. The summed E-state index contributed by atoms with van der Waals surface area (Å²) in [5, 5.41) is 7.68. The molecule has 1 atom stereocenters. The fourth-order valence-corrected chi connectivity index (χ4v) is 3.50. The lowest BCUT2D eigenvalue weighted by molar-refractivity contribution is 0.427. The average molecular weight is 403 g/mol. The van der Waals surface area contributed by atoms with Crippen LogP contribution in [0.2, 0.25) is 0 Å². The van der Waals surface area contributed by atoms with E-state index in [0.717, 1.165) is 32.9 Å². The van der Waals surface area contributed by atoms with Crippen molar-refractivity contribution in [3.05, 3.63) is 64.8 Å². The maximum Gasteiger partial charge on any atom is 0.190 e. The molecule has 124 valence electrons. The summed E-state index contributed by atoms with van der Waals surface area (Å²) in [6.07, 6.45) is 0. The van der Waals surface area contributed by atoms with E-state index in [1.54, 1.807) is 0 Å². The molecule has 0 aliphatic carbocycles. The van der Waals surface area contributed by atoms with Crippen molar-refractivity contribution in [3.63, 3.8) is 0 Å². The highest BCUT2D eigenvalue weighted by Crippen LogP contribution is 2.32. The maximum absolute atomic E-state index is 5.55. The first kappa shape index (κ1) is 17.1. The van der Waals surface area contributed by atoms with Gasteiger partial charge in [0.1, 0.15) is 11.4 Å². The largest absolute Gasteiger partial charge is 0.377 e. The summed E-state index contributed by atoms with van der Waals surface area (Å²) in [7, 11) is 0. The topological polar surface area (TPSA) is 38.1 Å². The second-order valence-corrected chi connectivity index (χ2v) is 7.66. The molecule has 1 N–H and O–H groups in total. The van der Waals surface area contributed by atoms with Crippen LogP contribution in [0.25, 0.3) is 11.3 Å². The standard InChI is InChI=1S/C19H19BrN2OS/c1-13(12-24-17-6-4-3-5-7-17)21-18-14(2)22-23-19(18)15-8-10-16(20)11-9-15/h3-11,13,21H,12H2,1-2H3. The van der Waals surface area contributed by atoms with Gasteiger partial charge in [-0.2, -0.15) is 0 Å². The Morgan fingerprint density at radius 3 is 2.54 bits per heavy atom. The van der Waals surface area contributed by atoms with E-state index in [0.29, 0.717) is 6.04 Å². The minimum absolute atomic E-state index is 0.294. The fourth-order valence-electron chi connectivity index (χ4n) is 2.36. The number of hydrogen-bond donors (Lipinski definition) is 1. The van der Waals surface area contributed by atoms with E-state index in [-0.39, 0.29) is 0 Å². The van der Waals surface area contributed by atoms with Crippen molar-refractivity contribution in [3.8, 4) is 11.3 Å². The number of halogens is 1. The molecular formula is C19H19BrN2OS. The lowest BCUT2D eigenvalue weighted by atomic mass is 10.1. The molecule has 0 radical (unpaired) electrons. The van der Waals surface area contributed by atoms with Crippen LogP contribution in [0.4, 0.5) is 5.69 Å². The Morgan fingerprint density at radius 2 is 1.83 bits per heavy atom. The number of thioether (sulfide) groups is 1. The van der Waals surface area contributed by atoms with Crippen molar-refractivity contribution >= 4 is 33.4 Å². The first-order valence-corrected chi connectivity index (χ1v) is 9.58. The lowest BCUT2D eigenvalue weighted by Crippen LogP contribution is -2.18. The molecule has 0 fully saturated rings. The van der Waals surface area contributed by atoms with Crippen LogP contribution in [0.3, 0.4) is 0 Å². The number of aryl methyl sites for hydroxylation is 1. The highest BCUT2D eigenvalue weighted by atomic mass is 79.9. The van der Waals surface area contributed by atoms with Crippen molar-refractivity contribution in [2.75, 3.05) is 11.1 Å². The third-order valence-electron chi connectivity index (χ3n) is 3.60. The molecule has 1 heterocycles. The third-order valence-corrected chi connectivity index (χ3v) is 5.40. The molecule has 0 saturated carbocycles. The van der Waals surface area contributed by atoms with Gasteiger partial charge in [0.15, 0.2) is 5.76 Å². The first-order valence-electron chi connectivity index (χ1n) is 7.80. The van der Waals surface area contributed by atoms with Crippen LogP contribution in [0, 0.1) is 6.92 Å². The van der Waals surface area contributed by atoms with Gasteiger partial charge in [-0.25, -0.2) is 0 Å². The molecule has 0 aliphatic rings. The van der Waals surface area contributed by atoms with Crippen molar-refractivity contribution in [1.82, 2.24) is 5.16 Å².